The molecule has 0 saturated carbocycles. The first-order valence-corrected chi connectivity index (χ1v) is 5.39. The van der Waals surface area contributed by atoms with Gasteiger partial charge in [-0.15, -0.1) is 0 Å². The molecule has 0 aromatic rings. The normalized spacial score (nSPS) is 16.3. The highest BCUT2D eigenvalue weighted by Crippen LogP contribution is 2.22. The number of hydrogen-bond donors (Lipinski definition) is 5. The third-order valence-corrected chi connectivity index (χ3v) is 2.58. The van der Waals surface area contributed by atoms with Crippen molar-refractivity contribution in [2.45, 2.75) is 19.1 Å². The van der Waals surface area contributed by atoms with Gasteiger partial charge in [-0.25, -0.2) is 4.18 Å². The molecule has 0 aliphatic heterocycles. The summed E-state index contributed by atoms with van der Waals surface area (Å²) in [7, 11) is 0. The monoisotopic (exact) mass is 243 g/mol. The molecule has 92 valence electrons. The molecular formula is C7H17NO6S. The predicted octanol–water partition coefficient (Wildman–Crippen LogP) is -1.83. The first-order valence-electron chi connectivity index (χ1n) is 4.36. The maximum atomic E-state index is 10.2. The van der Waals surface area contributed by atoms with Crippen molar-refractivity contribution in [1.29, 1.82) is 0 Å². The summed E-state index contributed by atoms with van der Waals surface area (Å²) in [5.74, 6) is 0. The lowest BCUT2D eigenvalue weighted by Gasteiger charge is -2.27. The molecule has 15 heavy (non-hydrogen) atoms. The molecule has 0 aromatic heterocycles. The molecule has 0 aliphatic carbocycles. The number of rotatable bonds is 8. The van der Waals surface area contributed by atoms with Crippen LogP contribution in [0.15, 0.2) is 0 Å². The molecular weight excluding hydrogens is 226 g/mol. The van der Waals surface area contributed by atoms with Crippen LogP contribution in [0.1, 0.15) is 12.8 Å². The highest BCUT2D eigenvalue weighted by molar-refractivity contribution is 7.74. The van der Waals surface area contributed by atoms with Gasteiger partial charge in [0.05, 0.1) is 19.8 Å². The van der Waals surface area contributed by atoms with E-state index in [-0.39, 0.29) is 12.8 Å². The highest BCUT2D eigenvalue weighted by atomic mass is 32.2. The van der Waals surface area contributed by atoms with Crippen molar-refractivity contribution in [3.63, 3.8) is 0 Å². The molecule has 8 heteroatoms. The summed E-state index contributed by atoms with van der Waals surface area (Å²) in [5.41, 5.74) is 4.30. The highest BCUT2D eigenvalue weighted by Gasteiger charge is 2.28. The largest absolute Gasteiger partial charge is 0.396 e. The van der Waals surface area contributed by atoms with Crippen molar-refractivity contribution in [2.24, 2.45) is 11.1 Å². The van der Waals surface area contributed by atoms with E-state index in [2.05, 4.69) is 4.18 Å². The molecule has 2 atom stereocenters. The van der Waals surface area contributed by atoms with Gasteiger partial charge in [-0.05, 0) is 12.8 Å². The van der Waals surface area contributed by atoms with Crippen LogP contribution in [0, 0.1) is 5.41 Å². The van der Waals surface area contributed by atoms with Crippen LogP contribution in [0.5, 0.6) is 0 Å². The molecule has 0 spiro atoms. The number of nitrogens with two attached hydrogens (primary N) is 1. The lowest BCUT2D eigenvalue weighted by atomic mass is 9.85. The zero-order chi connectivity index (χ0) is 11.9. The molecule has 2 unspecified atom stereocenters. The van der Waals surface area contributed by atoms with Crippen LogP contribution in [-0.4, -0.2) is 50.1 Å². The van der Waals surface area contributed by atoms with E-state index < -0.39 is 42.8 Å². The maximum Gasteiger partial charge on any atom is 0.303 e. The quantitative estimate of drug-likeness (QED) is 0.250. The Kier molecular flexibility index (Phi) is 7.18. The minimum Gasteiger partial charge on any atom is -0.396 e. The van der Waals surface area contributed by atoms with Gasteiger partial charge in [0.15, 0.2) is 0 Å². The van der Waals surface area contributed by atoms with E-state index in [1.165, 1.54) is 0 Å². The molecule has 0 fully saturated rings. The Bertz CT molecular complexity index is 190. The van der Waals surface area contributed by atoms with Crippen molar-refractivity contribution in [3.05, 3.63) is 0 Å². The summed E-state index contributed by atoms with van der Waals surface area (Å²) in [4.78, 5) is 0. The molecule has 0 saturated heterocycles. The van der Waals surface area contributed by atoms with E-state index in [9.17, 15) is 4.21 Å². The fourth-order valence-corrected chi connectivity index (χ4v) is 1.30. The summed E-state index contributed by atoms with van der Waals surface area (Å²) >= 11 is -2.44. The topological polar surface area (TPSA) is 133 Å². The second-order valence-electron chi connectivity index (χ2n) is 3.36. The van der Waals surface area contributed by atoms with Crippen LogP contribution < -0.4 is 5.73 Å². The van der Waals surface area contributed by atoms with E-state index in [1.54, 1.807) is 0 Å². The van der Waals surface area contributed by atoms with Crippen molar-refractivity contribution < 1.29 is 28.3 Å². The Balaban J connectivity index is 4.04. The molecule has 6 N–H and O–H groups in total. The van der Waals surface area contributed by atoms with Crippen molar-refractivity contribution in [1.82, 2.24) is 0 Å². The summed E-state index contributed by atoms with van der Waals surface area (Å²) < 4.78 is 22.9. The first-order chi connectivity index (χ1) is 6.99. The van der Waals surface area contributed by atoms with Gasteiger partial charge in [0, 0.05) is 5.41 Å². The van der Waals surface area contributed by atoms with Gasteiger partial charge in [0.2, 0.25) is 0 Å². The van der Waals surface area contributed by atoms with Crippen molar-refractivity contribution >= 4 is 11.4 Å². The van der Waals surface area contributed by atoms with E-state index >= 15 is 0 Å². The van der Waals surface area contributed by atoms with E-state index in [0.29, 0.717) is 0 Å². The number of aliphatic hydroxyl groups excluding tert-OH is 3. The molecule has 0 radical (unpaired) electrons. The number of aliphatic hydroxyl groups is 3. The predicted molar refractivity (Wildman–Crippen MR) is 52.8 cm³/mol. The summed E-state index contributed by atoms with van der Waals surface area (Å²) in [6, 6.07) is 0. The zero-order valence-electron chi connectivity index (χ0n) is 8.20. The van der Waals surface area contributed by atoms with E-state index in [4.69, 9.17) is 25.6 Å². The standard InChI is InChI=1S/C7H17NO6S/c8-6(14-15(12)13)1-2-7(3-9,4-10)5-11/h6,9-11H,1-5,8H2,(H,12,13). The molecule has 0 amide bonds. The Morgan fingerprint density at radius 2 is 1.73 bits per heavy atom. The maximum absolute atomic E-state index is 10.2. The van der Waals surface area contributed by atoms with Crippen LogP contribution >= 0.6 is 0 Å². The third-order valence-electron chi connectivity index (χ3n) is 2.17. The zero-order valence-corrected chi connectivity index (χ0v) is 9.02. The lowest BCUT2D eigenvalue weighted by Crippen LogP contribution is -2.36. The molecule has 7 nitrogen and oxygen atoms in total. The van der Waals surface area contributed by atoms with Crippen molar-refractivity contribution in [2.75, 3.05) is 19.8 Å². The van der Waals surface area contributed by atoms with Crippen LogP contribution in [-0.2, 0) is 15.5 Å². The van der Waals surface area contributed by atoms with Gasteiger partial charge in [-0.2, -0.15) is 4.21 Å². The van der Waals surface area contributed by atoms with Crippen LogP contribution in [0.2, 0.25) is 0 Å². The second kappa shape index (κ2) is 7.23. The van der Waals surface area contributed by atoms with Crippen LogP contribution in [0.3, 0.4) is 0 Å². The van der Waals surface area contributed by atoms with Crippen molar-refractivity contribution in [3.8, 4) is 0 Å². The molecule has 0 aliphatic rings. The Morgan fingerprint density at radius 3 is 2.07 bits per heavy atom. The lowest BCUT2D eigenvalue weighted by molar-refractivity contribution is -0.00794. The molecule has 0 aromatic carbocycles. The average Bonchev–Trinajstić information content (AvgIpc) is 2.20. The van der Waals surface area contributed by atoms with Gasteiger partial charge >= 0.3 is 11.4 Å². The third kappa shape index (κ3) is 5.52. The first kappa shape index (κ1) is 14.9. The van der Waals surface area contributed by atoms with Crippen LogP contribution in [0.25, 0.3) is 0 Å². The Labute approximate surface area is 90.4 Å². The minimum absolute atomic E-state index is 0.147. The van der Waals surface area contributed by atoms with Gasteiger partial charge in [0.1, 0.15) is 6.23 Å². The summed E-state index contributed by atoms with van der Waals surface area (Å²) in [6.07, 6.45) is -0.636. The fraction of sp³-hybridized carbons (Fsp3) is 1.00. The van der Waals surface area contributed by atoms with Gasteiger partial charge in [-0.1, -0.05) is 0 Å². The molecule has 0 rings (SSSR count). The Hall–Kier alpha value is -0.0900. The van der Waals surface area contributed by atoms with Gasteiger partial charge in [0.25, 0.3) is 0 Å². The average molecular weight is 243 g/mol. The minimum atomic E-state index is -2.44. The van der Waals surface area contributed by atoms with Gasteiger partial charge in [-0.3, -0.25) is 4.55 Å². The fourth-order valence-electron chi connectivity index (χ4n) is 0.989. The molecule has 0 bridgehead atoms. The Morgan fingerprint density at radius 1 is 1.27 bits per heavy atom. The second-order valence-corrected chi connectivity index (χ2v) is 3.99. The summed E-state index contributed by atoms with van der Waals surface area (Å²) in [5, 5.41) is 26.9. The SMILES string of the molecule is NC(CCC(CO)(CO)CO)OS(=O)O. The number of hydrogen-bond acceptors (Lipinski definition) is 6. The smallest absolute Gasteiger partial charge is 0.303 e. The van der Waals surface area contributed by atoms with Gasteiger partial charge < -0.3 is 21.1 Å². The molecule has 0 heterocycles. The van der Waals surface area contributed by atoms with E-state index in [0.717, 1.165) is 0 Å². The van der Waals surface area contributed by atoms with E-state index in [1.807, 2.05) is 0 Å². The van der Waals surface area contributed by atoms with Crippen LogP contribution in [0.4, 0.5) is 0 Å². The summed E-state index contributed by atoms with van der Waals surface area (Å²) in [6.45, 7) is -1.18.